The van der Waals surface area contributed by atoms with Crippen molar-refractivity contribution < 1.29 is 9.90 Å². The Morgan fingerprint density at radius 3 is 2.62 bits per heavy atom. The standard InChI is InChI=1S/C18H18ClN5O2/c1-11(10-25)21-18(26)15-9-14(12-3-5-13(19)6-4-12)22-17(23-15)16-7-8-20-24(16)2/h3-9,11,25H,10H2,1-2H3,(H,21,26)/t11-/m0/s1. The number of carbonyl (C=O) groups excluding carboxylic acids is 1. The lowest BCUT2D eigenvalue weighted by molar-refractivity contribution is 0.0917. The van der Waals surface area contributed by atoms with Crippen LogP contribution in [0.1, 0.15) is 17.4 Å². The lowest BCUT2D eigenvalue weighted by Crippen LogP contribution is -2.35. The van der Waals surface area contributed by atoms with E-state index in [0.29, 0.717) is 22.2 Å². The highest BCUT2D eigenvalue weighted by Gasteiger charge is 2.17. The van der Waals surface area contributed by atoms with Gasteiger partial charge in [-0.15, -0.1) is 0 Å². The third-order valence-electron chi connectivity index (χ3n) is 3.80. The minimum Gasteiger partial charge on any atom is -0.394 e. The van der Waals surface area contributed by atoms with E-state index in [4.69, 9.17) is 16.7 Å². The van der Waals surface area contributed by atoms with Crippen LogP contribution in [0.25, 0.3) is 22.8 Å². The molecule has 0 unspecified atom stereocenters. The summed E-state index contributed by atoms with van der Waals surface area (Å²) in [5.74, 6) is 0.00633. The summed E-state index contributed by atoms with van der Waals surface area (Å²) < 4.78 is 1.64. The first-order valence-electron chi connectivity index (χ1n) is 8.03. The van der Waals surface area contributed by atoms with Gasteiger partial charge in [0.25, 0.3) is 5.91 Å². The Morgan fingerprint density at radius 2 is 2.00 bits per heavy atom. The normalized spacial score (nSPS) is 12.0. The highest BCUT2D eigenvalue weighted by molar-refractivity contribution is 6.30. The fourth-order valence-corrected chi connectivity index (χ4v) is 2.51. The van der Waals surface area contributed by atoms with Gasteiger partial charge < -0.3 is 10.4 Å². The van der Waals surface area contributed by atoms with Gasteiger partial charge in [0.05, 0.1) is 12.3 Å². The molecule has 3 rings (SSSR count). The third kappa shape index (κ3) is 3.89. The number of aliphatic hydroxyl groups excluding tert-OH is 1. The van der Waals surface area contributed by atoms with Crippen molar-refractivity contribution in [2.24, 2.45) is 7.05 Å². The monoisotopic (exact) mass is 371 g/mol. The molecule has 2 heterocycles. The van der Waals surface area contributed by atoms with E-state index in [-0.39, 0.29) is 24.2 Å². The zero-order chi connectivity index (χ0) is 18.7. The fraction of sp³-hybridized carbons (Fsp3) is 0.222. The quantitative estimate of drug-likeness (QED) is 0.717. The molecular weight excluding hydrogens is 354 g/mol. The Labute approximate surface area is 155 Å². The maximum Gasteiger partial charge on any atom is 0.270 e. The van der Waals surface area contributed by atoms with Crippen LogP contribution in [0.15, 0.2) is 42.6 Å². The molecule has 0 aliphatic carbocycles. The molecule has 0 aliphatic rings. The van der Waals surface area contributed by atoms with E-state index in [1.54, 1.807) is 49.1 Å². The molecule has 1 atom stereocenters. The number of nitrogens with zero attached hydrogens (tertiary/aromatic N) is 4. The first-order chi connectivity index (χ1) is 12.5. The van der Waals surface area contributed by atoms with Crippen LogP contribution in [-0.4, -0.2) is 43.4 Å². The molecule has 2 aromatic heterocycles. The van der Waals surface area contributed by atoms with Crippen LogP contribution in [0.5, 0.6) is 0 Å². The zero-order valence-electron chi connectivity index (χ0n) is 14.3. The number of amides is 1. The van der Waals surface area contributed by atoms with Gasteiger partial charge in [0.15, 0.2) is 5.82 Å². The second kappa shape index (κ2) is 7.63. The van der Waals surface area contributed by atoms with Gasteiger partial charge >= 0.3 is 0 Å². The number of halogens is 1. The number of hydrogen-bond donors (Lipinski definition) is 2. The highest BCUT2D eigenvalue weighted by atomic mass is 35.5. The molecule has 2 N–H and O–H groups in total. The second-order valence-electron chi connectivity index (χ2n) is 5.87. The maximum absolute atomic E-state index is 12.5. The van der Waals surface area contributed by atoms with Crippen molar-refractivity contribution in [1.29, 1.82) is 0 Å². The van der Waals surface area contributed by atoms with Crippen LogP contribution in [0.2, 0.25) is 5.02 Å². The van der Waals surface area contributed by atoms with Crippen LogP contribution in [0.3, 0.4) is 0 Å². The molecule has 0 saturated carbocycles. The summed E-state index contributed by atoms with van der Waals surface area (Å²) in [6.07, 6.45) is 1.64. The molecule has 7 nitrogen and oxygen atoms in total. The van der Waals surface area contributed by atoms with Gasteiger partial charge in [-0.1, -0.05) is 23.7 Å². The fourth-order valence-electron chi connectivity index (χ4n) is 2.38. The first-order valence-corrected chi connectivity index (χ1v) is 8.41. The van der Waals surface area contributed by atoms with E-state index in [2.05, 4.69) is 20.4 Å². The minimum absolute atomic E-state index is 0.157. The van der Waals surface area contributed by atoms with E-state index in [0.717, 1.165) is 5.56 Å². The molecule has 3 aromatic rings. The van der Waals surface area contributed by atoms with Gasteiger partial charge in [0.1, 0.15) is 11.4 Å². The maximum atomic E-state index is 12.5. The molecule has 8 heteroatoms. The molecule has 26 heavy (non-hydrogen) atoms. The van der Waals surface area contributed by atoms with Crippen molar-refractivity contribution in [2.75, 3.05) is 6.61 Å². The Kier molecular flexibility index (Phi) is 5.29. The number of aliphatic hydroxyl groups is 1. The number of aromatic nitrogens is 4. The smallest absolute Gasteiger partial charge is 0.270 e. The molecule has 0 fully saturated rings. The second-order valence-corrected chi connectivity index (χ2v) is 6.30. The van der Waals surface area contributed by atoms with Crippen LogP contribution in [0.4, 0.5) is 0 Å². The van der Waals surface area contributed by atoms with E-state index < -0.39 is 0 Å². The van der Waals surface area contributed by atoms with Gasteiger partial charge in [0, 0.05) is 29.9 Å². The van der Waals surface area contributed by atoms with Gasteiger partial charge in [-0.3, -0.25) is 9.48 Å². The number of benzene rings is 1. The Balaban J connectivity index is 2.09. The Hall–Kier alpha value is -2.77. The summed E-state index contributed by atoms with van der Waals surface area (Å²) in [4.78, 5) is 21.5. The predicted octanol–water partition coefficient (Wildman–Crippen LogP) is 2.31. The number of nitrogens with one attached hydrogen (secondary N) is 1. The van der Waals surface area contributed by atoms with Crippen LogP contribution in [0, 0.1) is 0 Å². The first kappa shape index (κ1) is 18.0. The van der Waals surface area contributed by atoms with E-state index in [1.807, 2.05) is 12.1 Å². The van der Waals surface area contributed by atoms with Crippen molar-refractivity contribution >= 4 is 17.5 Å². The Morgan fingerprint density at radius 1 is 1.27 bits per heavy atom. The average Bonchev–Trinajstić information content (AvgIpc) is 3.07. The zero-order valence-corrected chi connectivity index (χ0v) is 15.1. The number of hydrogen-bond acceptors (Lipinski definition) is 5. The lowest BCUT2D eigenvalue weighted by Gasteiger charge is -2.12. The van der Waals surface area contributed by atoms with Crippen molar-refractivity contribution in [2.45, 2.75) is 13.0 Å². The van der Waals surface area contributed by atoms with E-state index in [1.165, 1.54) is 0 Å². The lowest BCUT2D eigenvalue weighted by atomic mass is 10.1. The summed E-state index contributed by atoms with van der Waals surface area (Å²) in [6, 6.07) is 10.2. The number of aryl methyl sites for hydroxylation is 1. The van der Waals surface area contributed by atoms with Crippen molar-refractivity contribution in [3.05, 3.63) is 53.3 Å². The summed E-state index contributed by atoms with van der Waals surface area (Å²) in [5.41, 5.74) is 2.30. The molecule has 0 saturated heterocycles. The third-order valence-corrected chi connectivity index (χ3v) is 4.05. The van der Waals surface area contributed by atoms with Gasteiger partial charge in [-0.25, -0.2) is 9.97 Å². The predicted molar refractivity (Wildman–Crippen MR) is 98.7 cm³/mol. The van der Waals surface area contributed by atoms with Crippen LogP contribution < -0.4 is 5.32 Å². The van der Waals surface area contributed by atoms with Crippen molar-refractivity contribution in [3.63, 3.8) is 0 Å². The minimum atomic E-state index is -0.382. The average molecular weight is 372 g/mol. The SMILES string of the molecule is C[C@@H](CO)NC(=O)c1cc(-c2ccc(Cl)cc2)nc(-c2ccnn2C)n1. The summed E-state index contributed by atoms with van der Waals surface area (Å²) in [6.45, 7) is 1.55. The van der Waals surface area contributed by atoms with E-state index in [9.17, 15) is 4.79 Å². The molecule has 0 spiro atoms. The highest BCUT2D eigenvalue weighted by Crippen LogP contribution is 2.23. The summed E-state index contributed by atoms with van der Waals surface area (Å²) >= 11 is 5.96. The van der Waals surface area contributed by atoms with Crippen LogP contribution >= 0.6 is 11.6 Å². The molecule has 1 amide bonds. The molecule has 0 bridgehead atoms. The van der Waals surface area contributed by atoms with Crippen LogP contribution in [-0.2, 0) is 7.05 Å². The number of carbonyl (C=O) groups is 1. The summed E-state index contributed by atoms with van der Waals surface area (Å²) in [5, 5.41) is 16.6. The molecule has 0 radical (unpaired) electrons. The molecule has 134 valence electrons. The van der Waals surface area contributed by atoms with Crippen molar-refractivity contribution in [3.8, 4) is 22.8 Å². The van der Waals surface area contributed by atoms with Gasteiger partial charge in [-0.2, -0.15) is 5.10 Å². The van der Waals surface area contributed by atoms with Gasteiger partial charge in [-0.05, 0) is 31.2 Å². The molecule has 1 aromatic carbocycles. The van der Waals surface area contributed by atoms with Gasteiger partial charge in [0.2, 0.25) is 0 Å². The molecule has 0 aliphatic heterocycles. The molecular formula is C18H18ClN5O2. The van der Waals surface area contributed by atoms with Crippen molar-refractivity contribution in [1.82, 2.24) is 25.1 Å². The largest absolute Gasteiger partial charge is 0.394 e. The van der Waals surface area contributed by atoms with E-state index >= 15 is 0 Å². The summed E-state index contributed by atoms with van der Waals surface area (Å²) in [7, 11) is 1.78. The Bertz CT molecular complexity index is 924. The topological polar surface area (TPSA) is 92.9 Å². The number of rotatable bonds is 5.